The molecule has 0 bridgehead atoms. The Morgan fingerprint density at radius 3 is 2.70 bits per heavy atom. The van der Waals surface area contributed by atoms with Gasteiger partial charge in [-0.25, -0.2) is 0 Å². The van der Waals surface area contributed by atoms with Crippen LogP contribution < -0.4 is 0 Å². The number of fused-ring (bicyclic) bond motifs is 1. The van der Waals surface area contributed by atoms with Crippen molar-refractivity contribution < 1.29 is 14.3 Å². The predicted molar refractivity (Wildman–Crippen MR) is 72.5 cm³/mol. The lowest BCUT2D eigenvalue weighted by molar-refractivity contribution is -0.140. The molecule has 0 saturated carbocycles. The molecule has 7 heteroatoms. The summed E-state index contributed by atoms with van der Waals surface area (Å²) in [6.45, 7) is 0.0745. The van der Waals surface area contributed by atoms with E-state index in [2.05, 4.69) is 4.74 Å². The second-order valence-electron chi connectivity index (χ2n) is 4.17. The van der Waals surface area contributed by atoms with Crippen molar-refractivity contribution in [2.45, 2.75) is 12.5 Å². The number of ether oxygens (including phenoxy) is 1. The number of nitrogens with zero attached hydrogens (tertiary/aromatic N) is 2. The lowest BCUT2D eigenvalue weighted by Gasteiger charge is -2.19. The summed E-state index contributed by atoms with van der Waals surface area (Å²) in [5, 5.41) is 9.83. The van der Waals surface area contributed by atoms with E-state index in [1.807, 2.05) is 6.07 Å². The summed E-state index contributed by atoms with van der Waals surface area (Å²) in [5.74, 6) is -0.856. The summed E-state index contributed by atoms with van der Waals surface area (Å²) < 4.78 is 4.53. The fraction of sp³-hybridized carbons (Fsp3) is 0.308. The number of amides is 1. The van der Waals surface area contributed by atoms with Gasteiger partial charge in [-0.1, -0.05) is 23.2 Å². The minimum absolute atomic E-state index is 0.00362. The van der Waals surface area contributed by atoms with Crippen LogP contribution in [0.25, 0.3) is 0 Å². The summed E-state index contributed by atoms with van der Waals surface area (Å²) >= 11 is 12.1. The molecule has 5 nitrogen and oxygen atoms in total. The Bertz CT molecular complexity index is 625. The SMILES string of the molecule is COC(=O)CCN1C(=O)c2c(Cl)ccc(Cl)c2C1C#N. The van der Waals surface area contributed by atoms with Gasteiger partial charge >= 0.3 is 5.97 Å². The molecular formula is C13H10Cl2N2O3. The third-order valence-corrected chi connectivity index (χ3v) is 3.75. The molecule has 0 aliphatic carbocycles. The Balaban J connectivity index is 2.37. The van der Waals surface area contributed by atoms with Crippen LogP contribution in [0.15, 0.2) is 12.1 Å². The Labute approximate surface area is 125 Å². The summed E-state index contributed by atoms with van der Waals surface area (Å²) in [6, 6.07) is 4.24. The minimum Gasteiger partial charge on any atom is -0.469 e. The third kappa shape index (κ3) is 2.33. The van der Waals surface area contributed by atoms with Gasteiger partial charge in [-0.15, -0.1) is 0 Å². The Morgan fingerprint density at radius 2 is 2.10 bits per heavy atom. The van der Waals surface area contributed by atoms with Crippen LogP contribution in [0, 0.1) is 11.3 Å². The second-order valence-corrected chi connectivity index (χ2v) is 4.99. The molecule has 0 saturated heterocycles. The van der Waals surface area contributed by atoms with Crippen LogP contribution in [0.1, 0.15) is 28.4 Å². The van der Waals surface area contributed by atoms with Crippen molar-refractivity contribution in [1.82, 2.24) is 4.90 Å². The molecule has 1 unspecified atom stereocenters. The van der Waals surface area contributed by atoms with Crippen molar-refractivity contribution >= 4 is 35.1 Å². The summed E-state index contributed by atoms with van der Waals surface area (Å²) in [5.41, 5.74) is 0.632. The first-order valence-corrected chi connectivity index (χ1v) is 6.52. The number of carbonyl (C=O) groups is 2. The topological polar surface area (TPSA) is 70.4 Å². The Morgan fingerprint density at radius 1 is 1.45 bits per heavy atom. The summed E-state index contributed by atoms with van der Waals surface area (Å²) in [6.07, 6.45) is 0.00362. The average molecular weight is 313 g/mol. The highest BCUT2D eigenvalue weighted by Gasteiger charge is 2.40. The van der Waals surface area contributed by atoms with E-state index in [1.54, 1.807) is 6.07 Å². The van der Waals surface area contributed by atoms with E-state index in [9.17, 15) is 14.9 Å². The van der Waals surface area contributed by atoms with E-state index < -0.39 is 17.9 Å². The number of nitriles is 1. The van der Waals surface area contributed by atoms with E-state index in [4.69, 9.17) is 23.2 Å². The van der Waals surface area contributed by atoms with E-state index in [1.165, 1.54) is 18.1 Å². The molecule has 104 valence electrons. The monoisotopic (exact) mass is 312 g/mol. The Hall–Kier alpha value is -1.77. The second kappa shape index (κ2) is 5.70. The molecule has 0 aromatic heterocycles. The highest BCUT2D eigenvalue weighted by Crippen LogP contribution is 2.41. The molecule has 1 atom stereocenters. The molecule has 2 rings (SSSR count). The summed E-state index contributed by atoms with van der Waals surface area (Å²) in [7, 11) is 1.26. The molecule has 0 spiro atoms. The van der Waals surface area contributed by atoms with Gasteiger partial charge in [0.1, 0.15) is 6.04 Å². The molecule has 1 heterocycles. The van der Waals surface area contributed by atoms with Crippen molar-refractivity contribution in [3.05, 3.63) is 33.3 Å². The van der Waals surface area contributed by atoms with Crippen LogP contribution in [-0.4, -0.2) is 30.4 Å². The van der Waals surface area contributed by atoms with Crippen molar-refractivity contribution in [2.75, 3.05) is 13.7 Å². The van der Waals surface area contributed by atoms with Gasteiger partial charge in [0.25, 0.3) is 5.91 Å². The van der Waals surface area contributed by atoms with Crippen LogP contribution in [0.4, 0.5) is 0 Å². The van der Waals surface area contributed by atoms with Gasteiger partial charge in [-0.3, -0.25) is 9.59 Å². The number of carbonyl (C=O) groups excluding carboxylic acids is 2. The van der Waals surface area contributed by atoms with Crippen LogP contribution >= 0.6 is 23.2 Å². The number of hydrogen-bond acceptors (Lipinski definition) is 4. The fourth-order valence-electron chi connectivity index (χ4n) is 2.15. The van der Waals surface area contributed by atoms with E-state index in [-0.39, 0.29) is 23.6 Å². The lowest BCUT2D eigenvalue weighted by Crippen LogP contribution is -2.30. The molecule has 20 heavy (non-hydrogen) atoms. The van der Waals surface area contributed by atoms with Crippen LogP contribution in [-0.2, 0) is 9.53 Å². The number of halogens is 2. The zero-order chi connectivity index (χ0) is 14.9. The van der Waals surface area contributed by atoms with Crippen LogP contribution in [0.5, 0.6) is 0 Å². The Kier molecular flexibility index (Phi) is 4.17. The normalized spacial score (nSPS) is 16.8. The summed E-state index contributed by atoms with van der Waals surface area (Å²) in [4.78, 5) is 24.8. The fourth-order valence-corrected chi connectivity index (χ4v) is 2.65. The quantitative estimate of drug-likeness (QED) is 0.804. The molecular weight excluding hydrogens is 303 g/mol. The predicted octanol–water partition coefficient (Wildman–Crippen LogP) is 2.58. The van der Waals surface area contributed by atoms with Gasteiger partial charge in [0, 0.05) is 17.1 Å². The van der Waals surface area contributed by atoms with E-state index in [0.717, 1.165) is 0 Å². The van der Waals surface area contributed by atoms with Crippen molar-refractivity contribution in [3.8, 4) is 6.07 Å². The molecule has 0 fully saturated rings. The van der Waals surface area contributed by atoms with Gasteiger partial charge in [0.15, 0.2) is 0 Å². The first kappa shape index (κ1) is 14.6. The van der Waals surface area contributed by atoms with Gasteiger partial charge in [0.05, 0.1) is 30.2 Å². The molecule has 1 aromatic carbocycles. The first-order valence-electron chi connectivity index (χ1n) is 5.76. The molecule has 1 aliphatic rings. The van der Waals surface area contributed by atoms with Gasteiger partial charge < -0.3 is 9.64 Å². The van der Waals surface area contributed by atoms with Crippen LogP contribution in [0.2, 0.25) is 10.0 Å². The number of esters is 1. The zero-order valence-electron chi connectivity index (χ0n) is 10.5. The van der Waals surface area contributed by atoms with Crippen molar-refractivity contribution in [2.24, 2.45) is 0 Å². The largest absolute Gasteiger partial charge is 0.469 e. The van der Waals surface area contributed by atoms with E-state index in [0.29, 0.717) is 10.6 Å². The molecule has 1 amide bonds. The minimum atomic E-state index is -0.839. The average Bonchev–Trinajstić information content (AvgIpc) is 2.73. The number of benzene rings is 1. The molecule has 1 aliphatic heterocycles. The number of rotatable bonds is 3. The number of hydrogen-bond donors (Lipinski definition) is 0. The molecule has 1 aromatic rings. The highest BCUT2D eigenvalue weighted by atomic mass is 35.5. The lowest BCUT2D eigenvalue weighted by atomic mass is 10.1. The van der Waals surface area contributed by atoms with Gasteiger partial charge in [-0.05, 0) is 12.1 Å². The van der Waals surface area contributed by atoms with Crippen LogP contribution in [0.3, 0.4) is 0 Å². The highest BCUT2D eigenvalue weighted by molar-refractivity contribution is 6.37. The maximum atomic E-state index is 12.3. The number of methoxy groups -OCH3 is 1. The van der Waals surface area contributed by atoms with Crippen molar-refractivity contribution in [1.29, 1.82) is 5.26 Å². The first-order chi connectivity index (χ1) is 9.51. The molecule has 0 N–H and O–H groups in total. The smallest absolute Gasteiger partial charge is 0.307 e. The van der Waals surface area contributed by atoms with E-state index >= 15 is 0 Å². The van der Waals surface area contributed by atoms with Gasteiger partial charge in [0.2, 0.25) is 0 Å². The molecule has 0 radical (unpaired) electrons. The zero-order valence-corrected chi connectivity index (χ0v) is 12.0. The van der Waals surface area contributed by atoms with Crippen molar-refractivity contribution in [3.63, 3.8) is 0 Å². The maximum Gasteiger partial charge on any atom is 0.307 e. The van der Waals surface area contributed by atoms with Gasteiger partial charge in [-0.2, -0.15) is 5.26 Å². The maximum absolute atomic E-state index is 12.3. The third-order valence-electron chi connectivity index (χ3n) is 3.11. The standard InChI is InChI=1S/C13H10Cl2N2O3/c1-20-10(18)4-5-17-9(6-16)11-7(14)2-3-8(15)12(11)13(17)19/h2-3,9H,4-5H2,1H3.